The summed E-state index contributed by atoms with van der Waals surface area (Å²) in [5, 5.41) is 12.2. The van der Waals surface area contributed by atoms with Crippen molar-refractivity contribution in [1.82, 2.24) is 0 Å². The van der Waals surface area contributed by atoms with E-state index in [1.807, 2.05) is 67.7 Å². The van der Waals surface area contributed by atoms with Crippen LogP contribution in [0.2, 0.25) is 0 Å². The minimum absolute atomic E-state index is 0.351. The van der Waals surface area contributed by atoms with Crippen molar-refractivity contribution in [2.75, 3.05) is 0 Å². The van der Waals surface area contributed by atoms with E-state index in [2.05, 4.69) is 17.1 Å². The molecular formula is C20H18NOP. The lowest BCUT2D eigenvalue weighted by atomic mass is 10.2. The predicted octanol–water partition coefficient (Wildman–Crippen LogP) is 4.08. The minimum atomic E-state index is 0.351. The van der Waals surface area contributed by atoms with E-state index in [0.29, 0.717) is 14.3 Å². The second-order valence-corrected chi connectivity index (χ2v) is 6.65. The van der Waals surface area contributed by atoms with E-state index < -0.39 is 0 Å². The second kappa shape index (κ2) is 7.21. The molecule has 1 unspecified atom stereocenters. The summed E-state index contributed by atoms with van der Waals surface area (Å²) in [6.07, 6.45) is 1.89. The first kappa shape index (κ1) is 15.5. The Labute approximate surface area is 138 Å². The number of rotatable bonds is 4. The van der Waals surface area contributed by atoms with Gasteiger partial charge in [0.05, 0.1) is 5.69 Å². The van der Waals surface area contributed by atoms with Crippen LogP contribution >= 0.6 is 8.58 Å². The number of aryl methyl sites for hydroxylation is 1. The molecule has 3 aromatic carbocycles. The minimum Gasteiger partial charge on any atom is -0.507 e. The number of aliphatic imine (C=N–C) groups is 1. The van der Waals surface area contributed by atoms with Crippen LogP contribution in [0.3, 0.4) is 0 Å². The molecule has 0 saturated heterocycles. The van der Waals surface area contributed by atoms with Gasteiger partial charge in [0.15, 0.2) is 0 Å². The maximum absolute atomic E-state index is 10.1. The summed E-state index contributed by atoms with van der Waals surface area (Å²) < 4.78 is 0. The van der Waals surface area contributed by atoms with Gasteiger partial charge in [-0.15, -0.1) is 0 Å². The van der Waals surface area contributed by atoms with Gasteiger partial charge in [0.2, 0.25) is 0 Å². The number of para-hydroxylation sites is 1. The molecule has 0 aliphatic heterocycles. The Balaban J connectivity index is 1.89. The first-order chi connectivity index (χ1) is 11.2. The highest BCUT2D eigenvalue weighted by Gasteiger charge is 2.06. The van der Waals surface area contributed by atoms with E-state index in [4.69, 9.17) is 0 Å². The topological polar surface area (TPSA) is 32.6 Å². The number of phenols is 1. The number of hydrogen-bond acceptors (Lipinski definition) is 2. The summed E-state index contributed by atoms with van der Waals surface area (Å²) >= 11 is 0. The van der Waals surface area contributed by atoms with Crippen LogP contribution in [-0.4, -0.2) is 11.3 Å². The quantitative estimate of drug-likeness (QED) is 0.570. The average molecular weight is 319 g/mol. The molecule has 0 aromatic heterocycles. The van der Waals surface area contributed by atoms with E-state index in [0.717, 1.165) is 22.1 Å². The SMILES string of the molecule is Cc1ccc(O)c(Pc2ccccc2/C=N/c2ccccc2)c1. The summed E-state index contributed by atoms with van der Waals surface area (Å²) in [5.41, 5.74) is 3.17. The Kier molecular flexibility index (Phi) is 4.85. The molecule has 0 heterocycles. The smallest absolute Gasteiger partial charge is 0.123 e. The van der Waals surface area contributed by atoms with Crippen molar-refractivity contribution < 1.29 is 5.11 Å². The molecule has 2 nitrogen and oxygen atoms in total. The molecule has 3 rings (SSSR count). The zero-order valence-corrected chi connectivity index (χ0v) is 13.9. The van der Waals surface area contributed by atoms with E-state index in [1.165, 1.54) is 5.30 Å². The third-order valence-electron chi connectivity index (χ3n) is 3.49. The zero-order valence-electron chi connectivity index (χ0n) is 12.9. The standard InChI is InChI=1S/C20H18NOP/c1-15-11-12-18(22)20(13-15)23-19-10-6-5-7-16(19)14-21-17-8-3-2-4-9-17/h2-14,22-23H,1H3/b21-14+. The summed E-state index contributed by atoms with van der Waals surface area (Å²) in [6.45, 7) is 2.04. The van der Waals surface area contributed by atoms with Gasteiger partial charge in [0.1, 0.15) is 5.75 Å². The molecule has 0 spiro atoms. The third kappa shape index (κ3) is 4.06. The Morgan fingerprint density at radius 2 is 1.61 bits per heavy atom. The lowest BCUT2D eigenvalue weighted by Crippen LogP contribution is -2.09. The van der Waals surface area contributed by atoms with Crippen molar-refractivity contribution in [2.24, 2.45) is 4.99 Å². The van der Waals surface area contributed by atoms with E-state index >= 15 is 0 Å². The van der Waals surface area contributed by atoms with Gasteiger partial charge in [-0.2, -0.15) is 0 Å². The van der Waals surface area contributed by atoms with Crippen LogP contribution in [0.15, 0.2) is 77.8 Å². The van der Waals surface area contributed by atoms with Crippen LogP contribution in [-0.2, 0) is 0 Å². The number of phenolic OH excluding ortho intramolecular Hbond substituents is 1. The zero-order chi connectivity index (χ0) is 16.1. The van der Waals surface area contributed by atoms with Crippen molar-refractivity contribution in [1.29, 1.82) is 0 Å². The van der Waals surface area contributed by atoms with Crippen LogP contribution in [0.4, 0.5) is 5.69 Å². The molecule has 0 aliphatic rings. The van der Waals surface area contributed by atoms with Crippen molar-refractivity contribution in [3.8, 4) is 5.75 Å². The lowest BCUT2D eigenvalue weighted by Gasteiger charge is -2.09. The molecule has 23 heavy (non-hydrogen) atoms. The number of benzene rings is 3. The Bertz CT molecular complexity index is 828. The molecule has 1 N–H and O–H groups in total. The van der Waals surface area contributed by atoms with E-state index in [-0.39, 0.29) is 0 Å². The molecule has 0 bridgehead atoms. The van der Waals surface area contributed by atoms with Gasteiger partial charge < -0.3 is 5.11 Å². The van der Waals surface area contributed by atoms with Crippen molar-refractivity contribution >= 4 is 31.1 Å². The lowest BCUT2D eigenvalue weighted by molar-refractivity contribution is 0.479. The highest BCUT2D eigenvalue weighted by Crippen LogP contribution is 2.21. The Morgan fingerprint density at radius 1 is 0.870 bits per heavy atom. The largest absolute Gasteiger partial charge is 0.507 e. The van der Waals surface area contributed by atoms with Crippen LogP contribution in [0.5, 0.6) is 5.75 Å². The molecule has 3 aromatic rings. The molecule has 1 atom stereocenters. The molecule has 0 saturated carbocycles. The fourth-order valence-corrected chi connectivity index (χ4v) is 3.55. The molecule has 114 valence electrons. The Hall–Kier alpha value is -2.44. The normalized spacial score (nSPS) is 11.5. The average Bonchev–Trinajstić information content (AvgIpc) is 2.58. The fraction of sp³-hybridized carbons (Fsp3) is 0.0500. The second-order valence-electron chi connectivity index (χ2n) is 5.33. The van der Waals surface area contributed by atoms with Crippen LogP contribution < -0.4 is 10.6 Å². The third-order valence-corrected chi connectivity index (χ3v) is 4.89. The molecule has 3 heteroatoms. The van der Waals surface area contributed by atoms with Gasteiger partial charge in [-0.3, -0.25) is 4.99 Å². The summed E-state index contributed by atoms with van der Waals surface area (Å²) in [7, 11) is 0.397. The van der Waals surface area contributed by atoms with Crippen molar-refractivity contribution in [3.63, 3.8) is 0 Å². The number of hydrogen-bond donors (Lipinski definition) is 1. The van der Waals surface area contributed by atoms with Gasteiger partial charge in [-0.25, -0.2) is 0 Å². The Morgan fingerprint density at radius 3 is 2.43 bits per heavy atom. The van der Waals surface area contributed by atoms with Gasteiger partial charge >= 0.3 is 0 Å². The maximum atomic E-state index is 10.1. The summed E-state index contributed by atoms with van der Waals surface area (Å²) in [6, 6.07) is 23.8. The first-order valence-corrected chi connectivity index (χ1v) is 8.47. The van der Waals surface area contributed by atoms with Crippen LogP contribution in [0, 0.1) is 6.92 Å². The van der Waals surface area contributed by atoms with Gasteiger partial charge in [0.25, 0.3) is 0 Å². The molecule has 0 radical (unpaired) electrons. The predicted molar refractivity (Wildman–Crippen MR) is 101 cm³/mol. The fourth-order valence-electron chi connectivity index (χ4n) is 2.28. The van der Waals surface area contributed by atoms with Gasteiger partial charge in [-0.05, 0) is 36.5 Å². The molecular weight excluding hydrogens is 301 g/mol. The maximum Gasteiger partial charge on any atom is 0.123 e. The summed E-state index contributed by atoms with van der Waals surface area (Å²) in [5.74, 6) is 0.351. The molecule has 0 amide bonds. The first-order valence-electron chi connectivity index (χ1n) is 7.47. The molecule has 0 aliphatic carbocycles. The van der Waals surface area contributed by atoms with Crippen LogP contribution in [0.1, 0.15) is 11.1 Å². The molecule has 0 fully saturated rings. The number of nitrogens with zero attached hydrogens (tertiary/aromatic N) is 1. The highest BCUT2D eigenvalue weighted by molar-refractivity contribution is 7.56. The van der Waals surface area contributed by atoms with Crippen LogP contribution in [0.25, 0.3) is 0 Å². The van der Waals surface area contributed by atoms with Crippen molar-refractivity contribution in [2.45, 2.75) is 6.92 Å². The van der Waals surface area contributed by atoms with Gasteiger partial charge in [-0.1, -0.05) is 62.7 Å². The summed E-state index contributed by atoms with van der Waals surface area (Å²) in [4.78, 5) is 4.54. The van der Waals surface area contributed by atoms with Crippen molar-refractivity contribution in [3.05, 3.63) is 83.9 Å². The highest BCUT2D eigenvalue weighted by atomic mass is 31.1. The monoisotopic (exact) mass is 319 g/mol. The number of aromatic hydroxyl groups is 1. The van der Waals surface area contributed by atoms with Gasteiger partial charge in [0, 0.05) is 17.1 Å². The van der Waals surface area contributed by atoms with E-state index in [9.17, 15) is 5.11 Å². The van der Waals surface area contributed by atoms with E-state index in [1.54, 1.807) is 6.07 Å².